The number of carbonyl (C=O) groups is 1. The Hall–Kier alpha value is -0.860. The Labute approximate surface area is 94.1 Å². The lowest BCUT2D eigenvalue weighted by Crippen LogP contribution is -2.37. The highest BCUT2D eigenvalue weighted by Crippen LogP contribution is 2.21. The minimum atomic E-state index is -3.56. The van der Waals surface area contributed by atoms with Gasteiger partial charge in [-0.15, -0.1) is 0 Å². The summed E-state index contributed by atoms with van der Waals surface area (Å²) in [5.74, 6) is 0. The molecule has 2 atom stereocenters. The number of hydrogen-bond donors (Lipinski definition) is 1. The molecule has 1 N–H and O–H groups in total. The van der Waals surface area contributed by atoms with Crippen LogP contribution in [-0.4, -0.2) is 63.2 Å². The summed E-state index contributed by atoms with van der Waals surface area (Å²) >= 11 is 0. The van der Waals surface area contributed by atoms with Gasteiger partial charge in [-0.25, -0.2) is 4.79 Å². The van der Waals surface area contributed by atoms with Gasteiger partial charge in [0.2, 0.25) is 0 Å². The van der Waals surface area contributed by atoms with Gasteiger partial charge in [0.1, 0.15) is 0 Å². The molecule has 1 aliphatic rings. The maximum Gasteiger partial charge on any atom is 0.407 e. The fourth-order valence-corrected chi connectivity index (χ4v) is 2.41. The minimum Gasteiger partial charge on any atom is -0.465 e. The molecule has 1 saturated heterocycles. The Morgan fingerprint density at radius 2 is 2.19 bits per heavy atom. The molecule has 16 heavy (non-hydrogen) atoms. The second-order valence-corrected chi connectivity index (χ2v) is 5.30. The van der Waals surface area contributed by atoms with E-state index in [4.69, 9.17) is 14.0 Å². The lowest BCUT2D eigenvalue weighted by atomic mass is 10.2. The number of hydrogen-bond acceptors (Lipinski definition) is 5. The van der Waals surface area contributed by atoms with Gasteiger partial charge in [0, 0.05) is 7.11 Å². The Morgan fingerprint density at radius 3 is 2.62 bits per heavy atom. The number of ether oxygens (including phenoxy) is 1. The van der Waals surface area contributed by atoms with Crippen LogP contribution >= 0.6 is 0 Å². The van der Waals surface area contributed by atoms with E-state index in [-0.39, 0.29) is 19.2 Å². The summed E-state index contributed by atoms with van der Waals surface area (Å²) in [5.41, 5.74) is 0. The van der Waals surface area contributed by atoms with Crippen LogP contribution in [0.4, 0.5) is 4.79 Å². The van der Waals surface area contributed by atoms with Crippen molar-refractivity contribution in [1.82, 2.24) is 4.90 Å². The van der Waals surface area contributed by atoms with Crippen LogP contribution in [0.2, 0.25) is 0 Å². The van der Waals surface area contributed by atoms with Crippen LogP contribution < -0.4 is 0 Å². The van der Waals surface area contributed by atoms with E-state index < -0.39 is 22.3 Å². The van der Waals surface area contributed by atoms with Crippen LogP contribution in [0, 0.1) is 0 Å². The van der Waals surface area contributed by atoms with E-state index in [9.17, 15) is 13.2 Å². The number of likely N-dealkylation sites (tertiary alicyclic amines) is 1. The van der Waals surface area contributed by atoms with E-state index in [0.717, 1.165) is 11.2 Å². The number of amides is 1. The van der Waals surface area contributed by atoms with Crippen molar-refractivity contribution < 1.29 is 27.2 Å². The smallest absolute Gasteiger partial charge is 0.407 e. The van der Waals surface area contributed by atoms with Crippen molar-refractivity contribution in [3.63, 3.8) is 0 Å². The van der Waals surface area contributed by atoms with E-state index in [1.165, 1.54) is 7.11 Å². The third-order valence-electron chi connectivity index (χ3n) is 2.29. The Bertz CT molecular complexity index is 354. The van der Waals surface area contributed by atoms with Crippen molar-refractivity contribution in [2.45, 2.75) is 18.6 Å². The highest BCUT2D eigenvalue weighted by molar-refractivity contribution is 7.86. The molecule has 0 bridgehead atoms. The van der Waals surface area contributed by atoms with Crippen molar-refractivity contribution in [2.75, 3.05) is 26.5 Å². The number of carboxylic acid groups (broad SMARTS) is 1. The first-order valence-electron chi connectivity index (χ1n) is 4.70. The first-order chi connectivity index (χ1) is 7.33. The van der Waals surface area contributed by atoms with Crippen molar-refractivity contribution in [3.05, 3.63) is 0 Å². The van der Waals surface area contributed by atoms with Crippen LogP contribution in [0.15, 0.2) is 0 Å². The average molecular weight is 253 g/mol. The summed E-state index contributed by atoms with van der Waals surface area (Å²) in [4.78, 5) is 12.0. The van der Waals surface area contributed by atoms with Crippen LogP contribution in [0.3, 0.4) is 0 Å². The summed E-state index contributed by atoms with van der Waals surface area (Å²) in [7, 11) is -2.09. The van der Waals surface area contributed by atoms with Gasteiger partial charge >= 0.3 is 6.09 Å². The molecule has 1 aliphatic heterocycles. The van der Waals surface area contributed by atoms with Crippen LogP contribution in [-0.2, 0) is 19.0 Å². The quantitative estimate of drug-likeness (QED) is 0.693. The van der Waals surface area contributed by atoms with Crippen LogP contribution in [0.25, 0.3) is 0 Å². The molecule has 8 heteroatoms. The zero-order valence-electron chi connectivity index (χ0n) is 9.12. The fourth-order valence-electron chi connectivity index (χ4n) is 1.78. The van der Waals surface area contributed by atoms with E-state index in [1.807, 2.05) is 0 Å². The lowest BCUT2D eigenvalue weighted by Gasteiger charge is -2.19. The molecule has 94 valence electrons. The molecule has 0 aromatic heterocycles. The fraction of sp³-hybridized carbons (Fsp3) is 0.875. The molecule has 0 aromatic carbocycles. The highest BCUT2D eigenvalue weighted by atomic mass is 32.2. The molecule has 0 radical (unpaired) electrons. The molecule has 0 aliphatic carbocycles. The van der Waals surface area contributed by atoms with Gasteiger partial charge in [0.15, 0.2) is 0 Å². The number of methoxy groups -OCH3 is 1. The van der Waals surface area contributed by atoms with Gasteiger partial charge in [-0.2, -0.15) is 8.42 Å². The van der Waals surface area contributed by atoms with Gasteiger partial charge in [-0.1, -0.05) is 0 Å². The Morgan fingerprint density at radius 1 is 1.56 bits per heavy atom. The zero-order chi connectivity index (χ0) is 12.3. The first kappa shape index (κ1) is 13.2. The predicted octanol–water partition coefficient (Wildman–Crippen LogP) is -0.270. The maximum absolute atomic E-state index is 10.9. The second-order valence-electron chi connectivity index (χ2n) is 3.70. The van der Waals surface area contributed by atoms with Crippen LogP contribution in [0.1, 0.15) is 6.42 Å². The standard InChI is InChI=1S/C8H15NO6S/c1-14-5-6-3-7(15-16(2,12)13)4-9(6)8(10)11/h6-7H,3-5H2,1-2H3,(H,10,11). The van der Waals surface area contributed by atoms with Crippen molar-refractivity contribution in [3.8, 4) is 0 Å². The van der Waals surface area contributed by atoms with Gasteiger partial charge in [-0.3, -0.25) is 4.18 Å². The molecular weight excluding hydrogens is 238 g/mol. The van der Waals surface area contributed by atoms with E-state index >= 15 is 0 Å². The Balaban J connectivity index is 2.65. The number of rotatable bonds is 4. The summed E-state index contributed by atoms with van der Waals surface area (Å²) in [6, 6.07) is -0.353. The molecule has 0 saturated carbocycles. The third-order valence-corrected chi connectivity index (χ3v) is 2.91. The largest absolute Gasteiger partial charge is 0.465 e. The summed E-state index contributed by atoms with van der Waals surface area (Å²) in [6.07, 6.45) is -0.442. The molecule has 1 rings (SSSR count). The first-order valence-corrected chi connectivity index (χ1v) is 6.52. The van der Waals surface area contributed by atoms with Crippen molar-refractivity contribution >= 4 is 16.2 Å². The topological polar surface area (TPSA) is 93.1 Å². The second kappa shape index (κ2) is 4.98. The minimum absolute atomic E-state index is 0.0520. The Kier molecular flexibility index (Phi) is 4.11. The maximum atomic E-state index is 10.9. The van der Waals surface area contributed by atoms with Gasteiger partial charge in [-0.05, 0) is 6.42 Å². The van der Waals surface area contributed by atoms with Crippen molar-refractivity contribution in [1.29, 1.82) is 0 Å². The molecule has 7 nitrogen and oxygen atoms in total. The average Bonchev–Trinajstić information content (AvgIpc) is 2.45. The van der Waals surface area contributed by atoms with Gasteiger partial charge < -0.3 is 14.7 Å². The van der Waals surface area contributed by atoms with E-state index in [0.29, 0.717) is 6.42 Å². The SMILES string of the molecule is COCC1CC(OS(C)(=O)=O)CN1C(=O)O. The third kappa shape index (κ3) is 3.62. The van der Waals surface area contributed by atoms with E-state index in [1.54, 1.807) is 0 Å². The van der Waals surface area contributed by atoms with Gasteiger partial charge in [0.05, 0.1) is 31.6 Å². The molecule has 1 amide bonds. The summed E-state index contributed by atoms with van der Waals surface area (Å²) in [5, 5.41) is 8.89. The molecular formula is C8H15NO6S. The summed E-state index contributed by atoms with van der Waals surface area (Å²) in [6.45, 7) is 0.284. The molecule has 1 heterocycles. The predicted molar refractivity (Wildman–Crippen MR) is 54.7 cm³/mol. The summed E-state index contributed by atoms with van der Waals surface area (Å²) < 4.78 is 31.5. The van der Waals surface area contributed by atoms with Crippen LogP contribution in [0.5, 0.6) is 0 Å². The lowest BCUT2D eigenvalue weighted by molar-refractivity contribution is 0.0987. The zero-order valence-corrected chi connectivity index (χ0v) is 9.94. The normalized spacial score (nSPS) is 26.0. The molecule has 2 unspecified atom stereocenters. The molecule has 0 spiro atoms. The number of nitrogens with zero attached hydrogens (tertiary/aromatic N) is 1. The highest BCUT2D eigenvalue weighted by Gasteiger charge is 2.37. The molecule has 1 fully saturated rings. The van der Waals surface area contributed by atoms with Crippen molar-refractivity contribution in [2.24, 2.45) is 0 Å². The van der Waals surface area contributed by atoms with Gasteiger partial charge in [0.25, 0.3) is 10.1 Å². The monoisotopic (exact) mass is 253 g/mol. The van der Waals surface area contributed by atoms with E-state index in [2.05, 4.69) is 0 Å². The molecule has 0 aromatic rings.